The molecule has 104 valence electrons. The molecule has 0 radical (unpaired) electrons. The monoisotopic (exact) mass is 343 g/mol. The molecule has 0 bridgehead atoms. The van der Waals surface area contributed by atoms with Crippen LogP contribution in [0.2, 0.25) is 0 Å². The highest BCUT2D eigenvalue weighted by molar-refractivity contribution is 9.10. The van der Waals surface area contributed by atoms with Crippen LogP contribution in [0.5, 0.6) is 0 Å². The number of pyridine rings is 2. The van der Waals surface area contributed by atoms with Crippen LogP contribution >= 0.6 is 15.9 Å². The molecule has 6 heteroatoms. The van der Waals surface area contributed by atoms with Crippen molar-refractivity contribution in [2.75, 3.05) is 6.61 Å². The Labute approximate surface area is 130 Å². The predicted molar refractivity (Wildman–Crippen MR) is 78.9 cm³/mol. The number of hydrogen-bond acceptors (Lipinski definition) is 5. The zero-order valence-corrected chi connectivity index (χ0v) is 12.4. The van der Waals surface area contributed by atoms with E-state index in [9.17, 15) is 5.11 Å². The molecule has 5 nitrogen and oxygen atoms in total. The second-order valence-electron chi connectivity index (χ2n) is 4.02. The Bertz CT molecular complexity index is 759. The molecule has 0 aromatic carbocycles. The lowest BCUT2D eigenvalue weighted by atomic mass is 10.0. The molecule has 0 aliphatic heterocycles. The first-order chi connectivity index (χ1) is 10.2. The lowest BCUT2D eigenvalue weighted by Crippen LogP contribution is -2.07. The Morgan fingerprint density at radius 2 is 2.19 bits per heavy atom. The lowest BCUT2D eigenvalue weighted by Gasteiger charge is -2.12. The fourth-order valence-electron chi connectivity index (χ4n) is 1.71. The number of halogens is 1. The fourth-order valence-corrected chi connectivity index (χ4v) is 2.06. The van der Waals surface area contributed by atoms with Crippen LogP contribution in [0.15, 0.2) is 35.1 Å². The standard InChI is InChI=1S/C15H10BrN3O2/c16-13-5-1-4-12(19-13)15(21)14-11(3-2-6-20)7-10(8-17)9-18-14/h1,4-5,7,9,15,20-21H,6H2. The number of aliphatic hydroxyl groups excluding tert-OH is 2. The number of nitriles is 1. The van der Waals surface area contributed by atoms with Gasteiger partial charge in [-0.1, -0.05) is 17.9 Å². The van der Waals surface area contributed by atoms with Crippen molar-refractivity contribution in [3.8, 4) is 17.9 Å². The third kappa shape index (κ3) is 3.65. The van der Waals surface area contributed by atoms with Crippen LogP contribution in [0.4, 0.5) is 0 Å². The van der Waals surface area contributed by atoms with Crippen LogP contribution in [-0.2, 0) is 0 Å². The molecule has 0 aliphatic carbocycles. The number of aliphatic hydroxyl groups is 2. The molecule has 21 heavy (non-hydrogen) atoms. The number of nitrogens with zero attached hydrogens (tertiary/aromatic N) is 3. The second-order valence-corrected chi connectivity index (χ2v) is 4.83. The highest BCUT2D eigenvalue weighted by Crippen LogP contribution is 2.23. The summed E-state index contributed by atoms with van der Waals surface area (Å²) in [6.45, 7) is -0.318. The van der Waals surface area contributed by atoms with Gasteiger partial charge in [0.2, 0.25) is 0 Å². The van der Waals surface area contributed by atoms with E-state index in [1.807, 2.05) is 6.07 Å². The fraction of sp³-hybridized carbons (Fsp3) is 0.133. The summed E-state index contributed by atoms with van der Waals surface area (Å²) in [5.74, 6) is 5.18. The van der Waals surface area contributed by atoms with Crippen molar-refractivity contribution in [3.63, 3.8) is 0 Å². The molecule has 0 saturated carbocycles. The van der Waals surface area contributed by atoms with E-state index in [4.69, 9.17) is 10.4 Å². The third-order valence-electron chi connectivity index (χ3n) is 2.63. The maximum atomic E-state index is 10.4. The van der Waals surface area contributed by atoms with Crippen LogP contribution in [-0.4, -0.2) is 26.8 Å². The van der Waals surface area contributed by atoms with Crippen molar-refractivity contribution in [2.45, 2.75) is 6.10 Å². The highest BCUT2D eigenvalue weighted by Gasteiger charge is 2.17. The molecule has 1 unspecified atom stereocenters. The molecule has 2 heterocycles. The van der Waals surface area contributed by atoms with E-state index in [0.717, 1.165) is 0 Å². The second kappa shape index (κ2) is 6.96. The summed E-state index contributed by atoms with van der Waals surface area (Å²) in [5, 5.41) is 28.1. The molecule has 1 atom stereocenters. The van der Waals surface area contributed by atoms with Gasteiger partial charge in [0.05, 0.1) is 22.5 Å². The Hall–Kier alpha value is -2.25. The van der Waals surface area contributed by atoms with E-state index in [1.165, 1.54) is 12.3 Å². The zero-order chi connectivity index (χ0) is 15.2. The summed E-state index contributed by atoms with van der Waals surface area (Å²) in [7, 11) is 0. The van der Waals surface area contributed by atoms with Crippen molar-refractivity contribution in [1.29, 1.82) is 5.26 Å². The number of hydrogen-bond donors (Lipinski definition) is 2. The summed E-state index contributed by atoms with van der Waals surface area (Å²) in [4.78, 5) is 8.27. The van der Waals surface area contributed by atoms with Crippen LogP contribution in [0.25, 0.3) is 0 Å². The molecule has 0 fully saturated rings. The molecule has 2 aromatic rings. The smallest absolute Gasteiger partial charge is 0.139 e. The van der Waals surface area contributed by atoms with E-state index in [1.54, 1.807) is 18.2 Å². The van der Waals surface area contributed by atoms with Gasteiger partial charge in [0.15, 0.2) is 0 Å². The summed E-state index contributed by atoms with van der Waals surface area (Å²) in [6.07, 6.45) is 0.291. The van der Waals surface area contributed by atoms with Gasteiger partial charge < -0.3 is 10.2 Å². The number of rotatable bonds is 2. The zero-order valence-electron chi connectivity index (χ0n) is 10.8. The molecule has 2 aromatic heterocycles. The molecular weight excluding hydrogens is 334 g/mol. The summed E-state index contributed by atoms with van der Waals surface area (Å²) in [5.41, 5.74) is 1.42. The molecular formula is C15H10BrN3O2. The van der Waals surface area contributed by atoms with Crippen molar-refractivity contribution < 1.29 is 10.2 Å². The molecule has 0 saturated heterocycles. The van der Waals surface area contributed by atoms with Crippen LogP contribution in [0.1, 0.15) is 28.6 Å². The molecule has 0 amide bonds. The Morgan fingerprint density at radius 3 is 2.86 bits per heavy atom. The lowest BCUT2D eigenvalue weighted by molar-refractivity contribution is 0.210. The first-order valence-corrected chi connectivity index (χ1v) is 6.75. The maximum Gasteiger partial charge on any atom is 0.139 e. The summed E-state index contributed by atoms with van der Waals surface area (Å²) in [6, 6.07) is 8.64. The minimum Gasteiger partial charge on any atom is -0.384 e. The summed E-state index contributed by atoms with van der Waals surface area (Å²) < 4.78 is 0.593. The van der Waals surface area contributed by atoms with E-state index in [0.29, 0.717) is 27.1 Å². The van der Waals surface area contributed by atoms with Gasteiger partial charge in [-0.25, -0.2) is 4.98 Å². The van der Waals surface area contributed by atoms with Gasteiger partial charge in [-0.2, -0.15) is 5.26 Å². The predicted octanol–water partition coefficient (Wildman–Crippen LogP) is 1.54. The minimum atomic E-state index is -1.07. The van der Waals surface area contributed by atoms with E-state index < -0.39 is 6.10 Å². The minimum absolute atomic E-state index is 0.292. The maximum absolute atomic E-state index is 10.4. The molecule has 0 aliphatic rings. The van der Waals surface area contributed by atoms with Gasteiger partial charge in [-0.15, -0.1) is 0 Å². The first-order valence-electron chi connectivity index (χ1n) is 5.96. The Morgan fingerprint density at radius 1 is 1.38 bits per heavy atom. The quantitative estimate of drug-likeness (QED) is 0.637. The third-order valence-corrected chi connectivity index (χ3v) is 3.07. The van der Waals surface area contributed by atoms with Gasteiger partial charge >= 0.3 is 0 Å². The molecule has 2 rings (SSSR count). The van der Waals surface area contributed by atoms with Crippen molar-refractivity contribution in [1.82, 2.24) is 9.97 Å². The average Bonchev–Trinajstić information content (AvgIpc) is 2.52. The Kier molecular flexibility index (Phi) is 5.02. The highest BCUT2D eigenvalue weighted by atomic mass is 79.9. The van der Waals surface area contributed by atoms with E-state index in [-0.39, 0.29) is 6.61 Å². The molecule has 2 N–H and O–H groups in total. The summed E-state index contributed by atoms with van der Waals surface area (Å²) >= 11 is 3.24. The van der Waals surface area contributed by atoms with Crippen molar-refractivity contribution in [2.24, 2.45) is 0 Å². The van der Waals surface area contributed by atoms with Gasteiger partial charge in [0.1, 0.15) is 23.4 Å². The topological polar surface area (TPSA) is 90.0 Å². The SMILES string of the molecule is N#Cc1cnc(C(O)c2cccc(Br)n2)c(C#CCO)c1. The largest absolute Gasteiger partial charge is 0.384 e. The van der Waals surface area contributed by atoms with E-state index >= 15 is 0 Å². The average molecular weight is 344 g/mol. The molecule has 0 spiro atoms. The van der Waals surface area contributed by atoms with Crippen LogP contribution < -0.4 is 0 Å². The number of aromatic nitrogens is 2. The van der Waals surface area contributed by atoms with Gasteiger partial charge in [0, 0.05) is 6.20 Å². The Balaban J connectivity index is 2.49. The van der Waals surface area contributed by atoms with Crippen LogP contribution in [0, 0.1) is 23.2 Å². The van der Waals surface area contributed by atoms with Gasteiger partial charge in [-0.05, 0) is 34.1 Å². The van der Waals surface area contributed by atoms with Crippen LogP contribution in [0.3, 0.4) is 0 Å². The first kappa shape index (κ1) is 15.1. The van der Waals surface area contributed by atoms with Gasteiger partial charge in [0.25, 0.3) is 0 Å². The van der Waals surface area contributed by atoms with Crippen molar-refractivity contribution >= 4 is 15.9 Å². The van der Waals surface area contributed by atoms with E-state index in [2.05, 4.69) is 37.7 Å². The van der Waals surface area contributed by atoms with Gasteiger partial charge in [-0.3, -0.25) is 4.98 Å². The van der Waals surface area contributed by atoms with Crippen molar-refractivity contribution in [3.05, 3.63) is 57.6 Å². The normalized spacial score (nSPS) is 11.1.